The SMILES string of the molecule is COc1cc(C2(C(=O)O)CC2)cc(C(C)F)c1OC. The van der Waals surface area contributed by atoms with Crippen LogP contribution >= 0.6 is 0 Å². The average Bonchev–Trinajstić information content (AvgIpc) is 3.18. The van der Waals surface area contributed by atoms with Crippen LogP contribution in [-0.4, -0.2) is 25.3 Å². The van der Waals surface area contributed by atoms with E-state index in [-0.39, 0.29) is 0 Å². The summed E-state index contributed by atoms with van der Waals surface area (Å²) in [5.41, 5.74) is 0.0185. The highest BCUT2D eigenvalue weighted by Gasteiger charge is 2.52. The highest BCUT2D eigenvalue weighted by atomic mass is 19.1. The minimum Gasteiger partial charge on any atom is -0.493 e. The molecule has 0 radical (unpaired) electrons. The molecule has 1 fully saturated rings. The van der Waals surface area contributed by atoms with E-state index in [1.807, 2.05) is 0 Å². The van der Waals surface area contributed by atoms with Crippen molar-refractivity contribution in [3.8, 4) is 11.5 Å². The Labute approximate surface area is 111 Å². The predicted octanol–water partition coefficient (Wildman–Crippen LogP) is 2.85. The van der Waals surface area contributed by atoms with Crippen molar-refractivity contribution in [2.45, 2.75) is 31.4 Å². The first-order valence-electron chi connectivity index (χ1n) is 6.10. The molecule has 1 aromatic rings. The third-order valence-corrected chi connectivity index (χ3v) is 3.65. The number of hydrogen-bond donors (Lipinski definition) is 1. The van der Waals surface area contributed by atoms with Crippen LogP contribution in [0.25, 0.3) is 0 Å². The van der Waals surface area contributed by atoms with Crippen LogP contribution < -0.4 is 9.47 Å². The zero-order valence-corrected chi connectivity index (χ0v) is 11.2. The first-order chi connectivity index (χ1) is 8.96. The fourth-order valence-electron chi connectivity index (χ4n) is 2.32. The molecule has 0 spiro atoms. The van der Waals surface area contributed by atoms with E-state index in [4.69, 9.17) is 9.47 Å². The minimum absolute atomic E-state index is 0.322. The van der Waals surface area contributed by atoms with E-state index in [2.05, 4.69) is 0 Å². The largest absolute Gasteiger partial charge is 0.493 e. The van der Waals surface area contributed by atoms with Gasteiger partial charge in [-0.2, -0.15) is 0 Å². The molecule has 2 rings (SSSR count). The van der Waals surface area contributed by atoms with E-state index in [9.17, 15) is 14.3 Å². The van der Waals surface area contributed by atoms with E-state index in [0.29, 0.717) is 35.5 Å². The molecule has 0 aliphatic heterocycles. The molecular weight excluding hydrogens is 251 g/mol. The molecule has 1 aliphatic rings. The van der Waals surface area contributed by atoms with Gasteiger partial charge in [-0.3, -0.25) is 4.79 Å². The minimum atomic E-state index is -1.26. The smallest absolute Gasteiger partial charge is 0.314 e. The van der Waals surface area contributed by atoms with Crippen molar-refractivity contribution >= 4 is 5.97 Å². The Morgan fingerprint density at radius 1 is 1.37 bits per heavy atom. The van der Waals surface area contributed by atoms with Gasteiger partial charge in [0.05, 0.1) is 19.6 Å². The van der Waals surface area contributed by atoms with Crippen LogP contribution in [0.2, 0.25) is 0 Å². The second kappa shape index (κ2) is 4.72. The summed E-state index contributed by atoms with van der Waals surface area (Å²) in [5, 5.41) is 9.31. The summed E-state index contributed by atoms with van der Waals surface area (Å²) in [5.74, 6) is -0.188. The Morgan fingerprint density at radius 2 is 2.00 bits per heavy atom. The fraction of sp³-hybridized carbons (Fsp3) is 0.500. The summed E-state index contributed by atoms with van der Waals surface area (Å²) in [4.78, 5) is 11.4. The van der Waals surface area contributed by atoms with Crippen LogP contribution in [0.3, 0.4) is 0 Å². The van der Waals surface area contributed by atoms with Gasteiger partial charge in [-0.1, -0.05) is 0 Å². The molecule has 1 aliphatic carbocycles. The number of ether oxygens (including phenoxy) is 2. The van der Waals surface area contributed by atoms with Gasteiger partial charge >= 0.3 is 5.97 Å². The monoisotopic (exact) mass is 268 g/mol. The van der Waals surface area contributed by atoms with Gasteiger partial charge in [0.2, 0.25) is 0 Å². The first-order valence-corrected chi connectivity index (χ1v) is 6.10. The van der Waals surface area contributed by atoms with Gasteiger partial charge in [0.1, 0.15) is 6.17 Å². The van der Waals surface area contributed by atoms with E-state index in [1.54, 1.807) is 12.1 Å². The van der Waals surface area contributed by atoms with Crippen molar-refractivity contribution in [3.05, 3.63) is 23.3 Å². The lowest BCUT2D eigenvalue weighted by atomic mass is 9.92. The number of halogens is 1. The Morgan fingerprint density at radius 3 is 2.37 bits per heavy atom. The number of rotatable bonds is 5. The van der Waals surface area contributed by atoms with Gasteiger partial charge in [-0.25, -0.2) is 4.39 Å². The first kappa shape index (κ1) is 13.6. The van der Waals surface area contributed by atoms with Crippen molar-refractivity contribution < 1.29 is 23.8 Å². The van der Waals surface area contributed by atoms with Crippen molar-refractivity contribution in [3.63, 3.8) is 0 Å². The maximum atomic E-state index is 13.7. The molecule has 1 aromatic carbocycles. The summed E-state index contributed by atoms with van der Waals surface area (Å²) in [6.45, 7) is 1.39. The fourth-order valence-corrected chi connectivity index (χ4v) is 2.32. The van der Waals surface area contributed by atoms with Crippen LogP contribution in [0.5, 0.6) is 11.5 Å². The third-order valence-electron chi connectivity index (χ3n) is 3.65. The Balaban J connectivity index is 2.59. The van der Waals surface area contributed by atoms with Gasteiger partial charge in [-0.05, 0) is 37.5 Å². The van der Waals surface area contributed by atoms with Gasteiger partial charge in [0.25, 0.3) is 0 Å². The predicted molar refractivity (Wildman–Crippen MR) is 67.6 cm³/mol. The lowest BCUT2D eigenvalue weighted by Gasteiger charge is -2.18. The Hall–Kier alpha value is -1.78. The maximum Gasteiger partial charge on any atom is 0.314 e. The molecule has 0 saturated heterocycles. The summed E-state index contributed by atoms with van der Waals surface area (Å²) in [7, 11) is 2.89. The summed E-state index contributed by atoms with van der Waals surface area (Å²) in [6.07, 6.45) is -0.121. The number of hydrogen-bond acceptors (Lipinski definition) is 3. The van der Waals surface area contributed by atoms with E-state index in [1.165, 1.54) is 21.1 Å². The summed E-state index contributed by atoms with van der Waals surface area (Å²) in [6, 6.07) is 3.21. The second-order valence-electron chi connectivity index (χ2n) is 4.80. The summed E-state index contributed by atoms with van der Waals surface area (Å²) >= 11 is 0. The number of carbonyl (C=O) groups is 1. The molecule has 4 nitrogen and oxygen atoms in total. The Kier molecular flexibility index (Phi) is 3.39. The van der Waals surface area contributed by atoms with Gasteiger partial charge < -0.3 is 14.6 Å². The molecule has 104 valence electrons. The lowest BCUT2D eigenvalue weighted by molar-refractivity contribution is -0.140. The van der Waals surface area contributed by atoms with E-state index in [0.717, 1.165) is 0 Å². The van der Waals surface area contributed by atoms with Gasteiger partial charge in [-0.15, -0.1) is 0 Å². The van der Waals surface area contributed by atoms with Crippen molar-refractivity contribution in [2.24, 2.45) is 0 Å². The number of benzene rings is 1. The van der Waals surface area contributed by atoms with Gasteiger partial charge in [0.15, 0.2) is 11.5 Å². The van der Waals surface area contributed by atoms with Crippen LogP contribution in [0.1, 0.15) is 37.1 Å². The zero-order chi connectivity index (χ0) is 14.2. The van der Waals surface area contributed by atoms with Crippen LogP contribution in [-0.2, 0) is 10.2 Å². The number of carboxylic acids is 1. The normalized spacial score (nSPS) is 17.7. The number of methoxy groups -OCH3 is 2. The standard InChI is InChI=1S/C14H17FO4/c1-8(15)10-6-9(14(4-5-14)13(16)17)7-11(18-2)12(10)19-3/h6-8H,4-5H2,1-3H3,(H,16,17). The van der Waals surface area contributed by atoms with E-state index < -0.39 is 17.6 Å². The average molecular weight is 268 g/mol. The van der Waals surface area contributed by atoms with Crippen molar-refractivity contribution in [1.82, 2.24) is 0 Å². The molecule has 1 unspecified atom stereocenters. The topological polar surface area (TPSA) is 55.8 Å². The molecule has 0 amide bonds. The number of carboxylic acid groups (broad SMARTS) is 1. The molecule has 0 aromatic heterocycles. The molecule has 0 bridgehead atoms. The number of alkyl halides is 1. The second-order valence-corrected chi connectivity index (χ2v) is 4.80. The van der Waals surface area contributed by atoms with Crippen LogP contribution in [0.4, 0.5) is 4.39 Å². The van der Waals surface area contributed by atoms with Gasteiger partial charge in [0, 0.05) is 5.56 Å². The molecule has 5 heteroatoms. The molecule has 1 atom stereocenters. The molecule has 19 heavy (non-hydrogen) atoms. The lowest BCUT2D eigenvalue weighted by Crippen LogP contribution is -2.20. The van der Waals surface area contributed by atoms with Crippen molar-refractivity contribution in [1.29, 1.82) is 0 Å². The molecule has 1 N–H and O–H groups in total. The molecular formula is C14H17FO4. The maximum absolute atomic E-state index is 13.7. The third kappa shape index (κ3) is 2.13. The quantitative estimate of drug-likeness (QED) is 0.892. The molecule has 1 saturated carbocycles. The van der Waals surface area contributed by atoms with Crippen LogP contribution in [0, 0.1) is 0 Å². The van der Waals surface area contributed by atoms with E-state index >= 15 is 0 Å². The van der Waals surface area contributed by atoms with Crippen LogP contribution in [0.15, 0.2) is 12.1 Å². The highest BCUT2D eigenvalue weighted by Crippen LogP contribution is 2.51. The molecule has 0 heterocycles. The highest BCUT2D eigenvalue weighted by molar-refractivity contribution is 5.85. The Bertz CT molecular complexity index is 506. The zero-order valence-electron chi connectivity index (χ0n) is 11.2. The summed E-state index contributed by atoms with van der Waals surface area (Å²) < 4.78 is 24.1. The number of aliphatic carboxylic acids is 1. The van der Waals surface area contributed by atoms with Crippen molar-refractivity contribution in [2.75, 3.05) is 14.2 Å².